The van der Waals surface area contributed by atoms with Crippen molar-refractivity contribution in [2.45, 2.75) is 25.3 Å². The molecule has 176 valence electrons. The molecule has 0 saturated heterocycles. The highest BCUT2D eigenvalue weighted by Crippen LogP contribution is 2.36. The Bertz CT molecular complexity index is 1170. The van der Waals surface area contributed by atoms with E-state index >= 15 is 0 Å². The van der Waals surface area contributed by atoms with E-state index in [0.29, 0.717) is 33.4 Å². The van der Waals surface area contributed by atoms with E-state index in [-0.39, 0.29) is 24.3 Å². The first-order chi connectivity index (χ1) is 16.3. The van der Waals surface area contributed by atoms with E-state index in [2.05, 4.69) is 30.4 Å². The van der Waals surface area contributed by atoms with Crippen molar-refractivity contribution in [1.29, 1.82) is 0 Å². The van der Waals surface area contributed by atoms with E-state index in [1.807, 2.05) is 23.1 Å². The van der Waals surface area contributed by atoms with Gasteiger partial charge in [-0.3, -0.25) is 9.59 Å². The van der Waals surface area contributed by atoms with Crippen LogP contribution in [-0.4, -0.2) is 37.4 Å². The third-order valence-corrected chi connectivity index (χ3v) is 6.84. The van der Waals surface area contributed by atoms with E-state index in [1.54, 1.807) is 42.5 Å². The summed E-state index contributed by atoms with van der Waals surface area (Å²) in [7, 11) is 4.15. The minimum absolute atomic E-state index is 0.0485. The molecule has 3 aromatic carbocycles. The Balaban J connectivity index is 1.49. The van der Waals surface area contributed by atoms with Gasteiger partial charge in [0.25, 0.3) is 5.91 Å². The fraction of sp³-hybridized carbons (Fsp3) is 0.259. The number of nitrogens with zero attached hydrogens (tertiary/aromatic N) is 2. The predicted octanol–water partition coefficient (Wildman–Crippen LogP) is 6.22. The molecule has 1 atom stereocenters. The van der Waals surface area contributed by atoms with Crippen LogP contribution in [0.2, 0.25) is 10.0 Å². The van der Waals surface area contributed by atoms with E-state index in [9.17, 15) is 9.59 Å². The molecule has 1 N–H and O–H groups in total. The standard InChI is InChI=1S/C27H27Cl2N3O2/c1-31(2)24-11-6-16-32(25-10-4-3-7-20(24)25)27(34)18-12-14-19(15-13-18)30-26(33)17-21-22(28)8-5-9-23(21)29/h3-5,7-10,12-15,24H,6,11,16-17H2,1-2H3,(H,30,33). The first-order valence-corrected chi connectivity index (χ1v) is 12.0. The smallest absolute Gasteiger partial charge is 0.258 e. The molecular weight excluding hydrogens is 469 g/mol. The van der Waals surface area contributed by atoms with Gasteiger partial charge in [0.2, 0.25) is 5.91 Å². The van der Waals surface area contributed by atoms with Crippen molar-refractivity contribution in [3.05, 3.63) is 93.5 Å². The number of para-hydroxylation sites is 1. The third-order valence-electron chi connectivity index (χ3n) is 6.13. The fourth-order valence-electron chi connectivity index (χ4n) is 4.40. The van der Waals surface area contributed by atoms with Crippen LogP contribution in [0.4, 0.5) is 11.4 Å². The van der Waals surface area contributed by atoms with Gasteiger partial charge in [0, 0.05) is 39.6 Å². The molecule has 5 nitrogen and oxygen atoms in total. The Morgan fingerprint density at radius 1 is 0.971 bits per heavy atom. The van der Waals surface area contributed by atoms with Gasteiger partial charge in [-0.1, -0.05) is 47.5 Å². The summed E-state index contributed by atoms with van der Waals surface area (Å²) in [6.45, 7) is 0.664. The lowest BCUT2D eigenvalue weighted by Gasteiger charge is -2.27. The van der Waals surface area contributed by atoms with E-state index in [4.69, 9.17) is 23.2 Å². The van der Waals surface area contributed by atoms with E-state index in [1.165, 1.54) is 5.56 Å². The Morgan fingerprint density at radius 3 is 2.32 bits per heavy atom. The number of rotatable bonds is 5. The van der Waals surface area contributed by atoms with Gasteiger partial charge in [-0.15, -0.1) is 0 Å². The Labute approximate surface area is 210 Å². The molecule has 1 unspecified atom stereocenters. The summed E-state index contributed by atoms with van der Waals surface area (Å²) in [6, 6.07) is 20.5. The summed E-state index contributed by atoms with van der Waals surface area (Å²) < 4.78 is 0. The van der Waals surface area contributed by atoms with Gasteiger partial charge in [0.15, 0.2) is 0 Å². The van der Waals surface area contributed by atoms with Gasteiger partial charge in [0.1, 0.15) is 0 Å². The summed E-state index contributed by atoms with van der Waals surface area (Å²) >= 11 is 12.3. The Hall–Kier alpha value is -2.86. The molecular formula is C27H27Cl2N3O2. The first kappa shape index (κ1) is 24.3. The van der Waals surface area contributed by atoms with Crippen molar-refractivity contribution in [3.8, 4) is 0 Å². The molecule has 0 fully saturated rings. The maximum Gasteiger partial charge on any atom is 0.258 e. The molecule has 0 aliphatic carbocycles. The minimum atomic E-state index is -0.231. The number of carbonyl (C=O) groups is 2. The van der Waals surface area contributed by atoms with Gasteiger partial charge < -0.3 is 15.1 Å². The summed E-state index contributed by atoms with van der Waals surface area (Å²) in [6.07, 6.45) is 1.98. The lowest BCUT2D eigenvalue weighted by molar-refractivity contribution is -0.115. The third kappa shape index (κ3) is 5.27. The van der Waals surface area contributed by atoms with Crippen molar-refractivity contribution in [2.75, 3.05) is 30.9 Å². The van der Waals surface area contributed by atoms with Crippen molar-refractivity contribution >= 4 is 46.4 Å². The molecule has 1 heterocycles. The maximum atomic E-state index is 13.4. The number of halogens is 2. The lowest BCUT2D eigenvalue weighted by atomic mass is 10.0. The van der Waals surface area contributed by atoms with Crippen LogP contribution in [0, 0.1) is 0 Å². The van der Waals surface area contributed by atoms with Crippen molar-refractivity contribution in [2.24, 2.45) is 0 Å². The average molecular weight is 496 g/mol. The molecule has 2 amide bonds. The molecule has 7 heteroatoms. The monoisotopic (exact) mass is 495 g/mol. The van der Waals surface area contributed by atoms with E-state index < -0.39 is 0 Å². The second kappa shape index (κ2) is 10.6. The Morgan fingerprint density at radius 2 is 1.65 bits per heavy atom. The highest BCUT2D eigenvalue weighted by molar-refractivity contribution is 6.36. The number of hydrogen-bond donors (Lipinski definition) is 1. The van der Waals surface area contributed by atoms with Crippen LogP contribution in [0.25, 0.3) is 0 Å². The zero-order chi connectivity index (χ0) is 24.2. The molecule has 0 spiro atoms. The zero-order valence-corrected chi connectivity index (χ0v) is 20.7. The largest absolute Gasteiger partial charge is 0.326 e. The lowest BCUT2D eigenvalue weighted by Crippen LogP contribution is -2.31. The highest BCUT2D eigenvalue weighted by Gasteiger charge is 2.27. The number of amides is 2. The normalized spacial score (nSPS) is 15.6. The van der Waals surface area contributed by atoms with E-state index in [0.717, 1.165) is 18.5 Å². The molecule has 3 aromatic rings. The number of benzene rings is 3. The molecule has 0 saturated carbocycles. The first-order valence-electron chi connectivity index (χ1n) is 11.2. The SMILES string of the molecule is CN(C)C1CCCN(C(=O)c2ccc(NC(=O)Cc3c(Cl)cccc3Cl)cc2)c2ccccc21. The van der Waals surface area contributed by atoms with Crippen LogP contribution in [0.3, 0.4) is 0 Å². The summed E-state index contributed by atoms with van der Waals surface area (Å²) in [5.74, 6) is -0.280. The minimum Gasteiger partial charge on any atom is -0.326 e. The maximum absolute atomic E-state index is 13.4. The van der Waals surface area contributed by atoms with Gasteiger partial charge in [0.05, 0.1) is 6.42 Å². The quantitative estimate of drug-likeness (QED) is 0.457. The van der Waals surface area contributed by atoms with Crippen LogP contribution >= 0.6 is 23.2 Å². The predicted molar refractivity (Wildman–Crippen MR) is 139 cm³/mol. The number of hydrogen-bond acceptors (Lipinski definition) is 3. The Kier molecular flexibility index (Phi) is 7.57. The summed E-state index contributed by atoms with van der Waals surface area (Å²) in [4.78, 5) is 30.0. The highest BCUT2D eigenvalue weighted by atomic mass is 35.5. The molecule has 4 rings (SSSR count). The molecule has 0 aromatic heterocycles. The molecule has 0 bridgehead atoms. The molecule has 0 radical (unpaired) electrons. The van der Waals surface area contributed by atoms with Crippen molar-refractivity contribution in [3.63, 3.8) is 0 Å². The van der Waals surface area contributed by atoms with Gasteiger partial charge >= 0.3 is 0 Å². The van der Waals surface area contributed by atoms with Crippen LogP contribution in [0.1, 0.15) is 40.4 Å². The van der Waals surface area contributed by atoms with Gasteiger partial charge in [-0.25, -0.2) is 0 Å². The van der Waals surface area contributed by atoms with Gasteiger partial charge in [-0.2, -0.15) is 0 Å². The molecule has 34 heavy (non-hydrogen) atoms. The van der Waals surface area contributed by atoms with Crippen LogP contribution in [0.15, 0.2) is 66.7 Å². The second-order valence-corrected chi connectivity index (χ2v) is 9.45. The summed E-state index contributed by atoms with van der Waals surface area (Å²) in [5.41, 5.74) is 3.89. The fourth-order valence-corrected chi connectivity index (χ4v) is 4.93. The number of anilines is 2. The van der Waals surface area contributed by atoms with Crippen molar-refractivity contribution < 1.29 is 9.59 Å². The molecule has 1 aliphatic rings. The van der Waals surface area contributed by atoms with Crippen molar-refractivity contribution in [1.82, 2.24) is 4.90 Å². The van der Waals surface area contributed by atoms with Crippen LogP contribution in [-0.2, 0) is 11.2 Å². The second-order valence-electron chi connectivity index (χ2n) is 8.64. The van der Waals surface area contributed by atoms with Crippen LogP contribution < -0.4 is 10.2 Å². The topological polar surface area (TPSA) is 52.6 Å². The number of carbonyl (C=O) groups excluding carboxylic acids is 2. The molecule has 1 aliphatic heterocycles. The number of fused-ring (bicyclic) bond motifs is 1. The van der Waals surface area contributed by atoms with Gasteiger partial charge in [-0.05, 0) is 80.5 Å². The van der Waals surface area contributed by atoms with Crippen LogP contribution in [0.5, 0.6) is 0 Å². The average Bonchev–Trinajstić information content (AvgIpc) is 3.01. The summed E-state index contributed by atoms with van der Waals surface area (Å²) in [5, 5.41) is 3.76. The number of nitrogens with one attached hydrogen (secondary N) is 1. The zero-order valence-electron chi connectivity index (χ0n) is 19.2.